The Morgan fingerprint density at radius 1 is 1.06 bits per heavy atom. The number of para-hydroxylation sites is 1. The zero-order valence-corrected chi connectivity index (χ0v) is 20.6. The SMILES string of the molecule is COc1ccccc1CN1CCN(c2cc(C(=O)O)c3cc(NC(=O)C4CCCC4)ccc3n2)CC1. The van der Waals surface area contributed by atoms with Crippen molar-refractivity contribution in [2.75, 3.05) is 43.5 Å². The highest BCUT2D eigenvalue weighted by atomic mass is 16.5. The zero-order chi connectivity index (χ0) is 25.1. The molecular weight excluding hydrogens is 456 g/mol. The average Bonchev–Trinajstić information content (AvgIpc) is 3.44. The van der Waals surface area contributed by atoms with E-state index in [0.29, 0.717) is 22.4 Å². The van der Waals surface area contributed by atoms with E-state index in [2.05, 4.69) is 21.2 Å². The van der Waals surface area contributed by atoms with E-state index in [1.807, 2.05) is 24.3 Å². The molecule has 0 unspecified atom stereocenters. The summed E-state index contributed by atoms with van der Waals surface area (Å²) >= 11 is 0. The maximum atomic E-state index is 12.5. The molecule has 2 heterocycles. The fourth-order valence-corrected chi connectivity index (χ4v) is 5.27. The molecule has 1 saturated carbocycles. The molecule has 1 saturated heterocycles. The molecule has 1 aromatic heterocycles. The number of fused-ring (bicyclic) bond motifs is 1. The van der Waals surface area contributed by atoms with Gasteiger partial charge in [-0.1, -0.05) is 31.0 Å². The van der Waals surface area contributed by atoms with Crippen molar-refractivity contribution in [3.05, 3.63) is 59.7 Å². The summed E-state index contributed by atoms with van der Waals surface area (Å²) in [6.07, 6.45) is 3.99. The van der Waals surface area contributed by atoms with Crippen molar-refractivity contribution >= 4 is 34.3 Å². The van der Waals surface area contributed by atoms with Crippen LogP contribution in [0.15, 0.2) is 48.5 Å². The number of benzene rings is 2. The number of hydrogen-bond donors (Lipinski definition) is 2. The summed E-state index contributed by atoms with van der Waals surface area (Å²) in [7, 11) is 1.69. The fraction of sp³-hybridized carbons (Fsp3) is 0.393. The highest BCUT2D eigenvalue weighted by Crippen LogP contribution is 2.29. The molecule has 3 aromatic rings. The van der Waals surface area contributed by atoms with Gasteiger partial charge in [0, 0.05) is 55.3 Å². The van der Waals surface area contributed by atoms with E-state index in [1.165, 1.54) is 0 Å². The van der Waals surface area contributed by atoms with Crippen LogP contribution >= 0.6 is 0 Å². The van der Waals surface area contributed by atoms with Gasteiger partial charge in [0.2, 0.25) is 5.91 Å². The van der Waals surface area contributed by atoms with Crippen LogP contribution in [0.4, 0.5) is 11.5 Å². The highest BCUT2D eigenvalue weighted by molar-refractivity contribution is 6.05. The standard InChI is InChI=1S/C28H32N4O4/c1-36-25-9-5-4-8-20(25)18-31-12-14-32(15-13-31)26-17-23(28(34)35)22-16-21(10-11-24(22)30-26)29-27(33)19-6-2-3-7-19/h4-5,8-11,16-17,19H,2-3,6-7,12-15,18H2,1H3,(H,29,33)(H,34,35). The summed E-state index contributed by atoms with van der Waals surface area (Å²) in [6.45, 7) is 3.99. The molecule has 1 amide bonds. The lowest BCUT2D eigenvalue weighted by Gasteiger charge is -2.35. The zero-order valence-electron chi connectivity index (χ0n) is 20.6. The van der Waals surface area contributed by atoms with Gasteiger partial charge in [0.05, 0.1) is 18.2 Å². The molecule has 8 nitrogen and oxygen atoms in total. The topological polar surface area (TPSA) is 95.0 Å². The molecule has 36 heavy (non-hydrogen) atoms. The third-order valence-electron chi connectivity index (χ3n) is 7.30. The molecule has 5 rings (SSSR count). The summed E-state index contributed by atoms with van der Waals surface area (Å²) in [4.78, 5) is 34.0. The third kappa shape index (κ3) is 5.14. The number of piperazine rings is 1. The molecule has 0 spiro atoms. The minimum Gasteiger partial charge on any atom is -0.496 e. The molecule has 0 radical (unpaired) electrons. The van der Waals surface area contributed by atoms with Gasteiger partial charge in [-0.2, -0.15) is 0 Å². The number of nitrogens with one attached hydrogen (secondary N) is 1. The third-order valence-corrected chi connectivity index (χ3v) is 7.30. The number of carboxylic acids is 1. The largest absolute Gasteiger partial charge is 0.496 e. The van der Waals surface area contributed by atoms with Gasteiger partial charge >= 0.3 is 5.97 Å². The lowest BCUT2D eigenvalue weighted by atomic mass is 10.1. The number of pyridine rings is 1. The number of hydrogen-bond acceptors (Lipinski definition) is 6. The van der Waals surface area contributed by atoms with Crippen LogP contribution in [0.2, 0.25) is 0 Å². The molecule has 1 aliphatic carbocycles. The van der Waals surface area contributed by atoms with Gasteiger partial charge in [-0.15, -0.1) is 0 Å². The van der Waals surface area contributed by atoms with Crippen LogP contribution in [-0.2, 0) is 11.3 Å². The van der Waals surface area contributed by atoms with Crippen LogP contribution in [0.1, 0.15) is 41.6 Å². The first-order chi connectivity index (χ1) is 17.5. The van der Waals surface area contributed by atoms with E-state index in [1.54, 1.807) is 25.3 Å². The minimum atomic E-state index is -1.00. The van der Waals surface area contributed by atoms with Gasteiger partial charge < -0.3 is 20.1 Å². The fourth-order valence-electron chi connectivity index (χ4n) is 5.27. The molecule has 0 atom stereocenters. The number of aromatic nitrogens is 1. The second kappa shape index (κ2) is 10.5. The van der Waals surface area contributed by atoms with Crippen molar-refractivity contribution in [2.45, 2.75) is 32.2 Å². The first-order valence-corrected chi connectivity index (χ1v) is 12.6. The smallest absolute Gasteiger partial charge is 0.336 e. The van der Waals surface area contributed by atoms with Crippen LogP contribution in [0.25, 0.3) is 10.9 Å². The predicted octanol–water partition coefficient (Wildman–Crippen LogP) is 4.39. The normalized spacial score (nSPS) is 16.9. The number of carboxylic acid groups (broad SMARTS) is 1. The Hall–Kier alpha value is -3.65. The first-order valence-electron chi connectivity index (χ1n) is 12.6. The Morgan fingerprint density at radius 2 is 1.81 bits per heavy atom. The van der Waals surface area contributed by atoms with Crippen molar-refractivity contribution in [3.63, 3.8) is 0 Å². The number of nitrogens with zero attached hydrogens (tertiary/aromatic N) is 3. The maximum Gasteiger partial charge on any atom is 0.336 e. The lowest BCUT2D eigenvalue weighted by molar-refractivity contribution is -0.119. The summed E-state index contributed by atoms with van der Waals surface area (Å²) in [5.41, 5.74) is 2.58. The summed E-state index contributed by atoms with van der Waals surface area (Å²) in [5, 5.41) is 13.5. The number of rotatable bonds is 7. The number of carbonyl (C=O) groups is 2. The second-order valence-corrected chi connectivity index (χ2v) is 9.61. The van der Waals surface area contributed by atoms with Crippen LogP contribution < -0.4 is 15.0 Å². The van der Waals surface area contributed by atoms with Crippen molar-refractivity contribution in [2.24, 2.45) is 5.92 Å². The molecule has 8 heteroatoms. The van der Waals surface area contributed by atoms with Crippen LogP contribution in [0, 0.1) is 5.92 Å². The Morgan fingerprint density at radius 3 is 2.53 bits per heavy atom. The summed E-state index contributed by atoms with van der Waals surface area (Å²) in [5.74, 6) is 0.611. The number of carbonyl (C=O) groups excluding carboxylic acids is 1. The van der Waals surface area contributed by atoms with Crippen LogP contribution in [0.5, 0.6) is 5.75 Å². The summed E-state index contributed by atoms with van der Waals surface area (Å²) < 4.78 is 5.48. The number of aromatic carboxylic acids is 1. The highest BCUT2D eigenvalue weighted by Gasteiger charge is 2.24. The lowest BCUT2D eigenvalue weighted by Crippen LogP contribution is -2.46. The molecule has 0 bridgehead atoms. The predicted molar refractivity (Wildman–Crippen MR) is 140 cm³/mol. The molecule has 2 aliphatic rings. The number of amides is 1. The van der Waals surface area contributed by atoms with E-state index in [0.717, 1.165) is 69.7 Å². The summed E-state index contributed by atoms with van der Waals surface area (Å²) in [6, 6.07) is 15.0. The van der Waals surface area contributed by atoms with Gasteiger partial charge in [0.25, 0.3) is 0 Å². The van der Waals surface area contributed by atoms with Crippen molar-refractivity contribution in [3.8, 4) is 5.75 Å². The van der Waals surface area contributed by atoms with Gasteiger partial charge in [0.1, 0.15) is 11.6 Å². The van der Waals surface area contributed by atoms with Crippen molar-refractivity contribution in [1.29, 1.82) is 0 Å². The molecule has 188 valence electrons. The van der Waals surface area contributed by atoms with Gasteiger partial charge in [0.15, 0.2) is 0 Å². The number of ether oxygens (including phenoxy) is 1. The Labute approximate surface area is 210 Å². The Bertz CT molecular complexity index is 1260. The molecule has 2 aromatic carbocycles. The number of anilines is 2. The van der Waals surface area contributed by atoms with E-state index in [-0.39, 0.29) is 17.4 Å². The number of methoxy groups -OCH3 is 1. The van der Waals surface area contributed by atoms with Gasteiger partial charge in [-0.3, -0.25) is 9.69 Å². The molecule has 2 fully saturated rings. The molecule has 1 aliphatic heterocycles. The van der Waals surface area contributed by atoms with E-state index >= 15 is 0 Å². The quantitative estimate of drug-likeness (QED) is 0.509. The first kappa shape index (κ1) is 24.1. The van der Waals surface area contributed by atoms with Crippen LogP contribution in [0.3, 0.4) is 0 Å². The minimum absolute atomic E-state index is 0.0132. The van der Waals surface area contributed by atoms with E-state index in [4.69, 9.17) is 9.72 Å². The Kier molecular flexibility index (Phi) is 7.04. The van der Waals surface area contributed by atoms with E-state index in [9.17, 15) is 14.7 Å². The van der Waals surface area contributed by atoms with Crippen molar-refractivity contribution < 1.29 is 19.4 Å². The molecule has 2 N–H and O–H groups in total. The van der Waals surface area contributed by atoms with E-state index < -0.39 is 5.97 Å². The van der Waals surface area contributed by atoms with Gasteiger partial charge in [-0.05, 0) is 43.2 Å². The molecular formula is C28H32N4O4. The van der Waals surface area contributed by atoms with Gasteiger partial charge in [-0.25, -0.2) is 9.78 Å². The van der Waals surface area contributed by atoms with Crippen molar-refractivity contribution in [1.82, 2.24) is 9.88 Å². The second-order valence-electron chi connectivity index (χ2n) is 9.61. The monoisotopic (exact) mass is 488 g/mol. The Balaban J connectivity index is 1.31. The van der Waals surface area contributed by atoms with Crippen LogP contribution in [-0.4, -0.2) is 60.2 Å². The maximum absolute atomic E-state index is 12.5. The average molecular weight is 489 g/mol.